The van der Waals surface area contributed by atoms with Crippen LogP contribution >= 0.6 is 0 Å². The highest BCUT2D eigenvalue weighted by Crippen LogP contribution is 1.96. The topological polar surface area (TPSA) is 53.7 Å². The Morgan fingerprint density at radius 1 is 1.31 bits per heavy atom. The van der Waals surface area contributed by atoms with Gasteiger partial charge in [-0.1, -0.05) is 6.58 Å². The van der Waals surface area contributed by atoms with Gasteiger partial charge in [-0.25, -0.2) is 0 Å². The van der Waals surface area contributed by atoms with E-state index in [1.807, 2.05) is 6.92 Å². The van der Waals surface area contributed by atoms with Crippen LogP contribution in [0.4, 0.5) is 0 Å². The SMILES string of the molecule is C=C(OCCOCCOC)[C@H](C)N. The molecular formula is C9H19NO3. The monoisotopic (exact) mass is 189 g/mol. The van der Waals surface area contributed by atoms with Gasteiger partial charge in [-0.05, 0) is 6.92 Å². The maximum absolute atomic E-state index is 5.51. The molecule has 0 aliphatic carbocycles. The average molecular weight is 189 g/mol. The Labute approximate surface area is 79.6 Å². The Morgan fingerprint density at radius 2 is 1.92 bits per heavy atom. The van der Waals surface area contributed by atoms with Crippen LogP contribution in [0.2, 0.25) is 0 Å². The van der Waals surface area contributed by atoms with E-state index in [9.17, 15) is 0 Å². The summed E-state index contributed by atoms with van der Waals surface area (Å²) in [5, 5.41) is 0. The highest BCUT2D eigenvalue weighted by atomic mass is 16.5. The van der Waals surface area contributed by atoms with Gasteiger partial charge in [0.05, 0.1) is 25.9 Å². The smallest absolute Gasteiger partial charge is 0.111 e. The van der Waals surface area contributed by atoms with Crippen molar-refractivity contribution in [3.63, 3.8) is 0 Å². The van der Waals surface area contributed by atoms with Crippen LogP contribution in [-0.4, -0.2) is 39.6 Å². The Balaban J connectivity index is 3.12. The van der Waals surface area contributed by atoms with Crippen molar-refractivity contribution in [1.82, 2.24) is 0 Å². The summed E-state index contributed by atoms with van der Waals surface area (Å²) < 4.78 is 15.2. The number of nitrogens with two attached hydrogens (primary N) is 1. The van der Waals surface area contributed by atoms with Crippen LogP contribution in [0, 0.1) is 0 Å². The highest BCUT2D eigenvalue weighted by molar-refractivity contribution is 4.91. The van der Waals surface area contributed by atoms with Gasteiger partial charge < -0.3 is 19.9 Å². The molecule has 1 atom stereocenters. The summed E-state index contributed by atoms with van der Waals surface area (Å²) in [7, 11) is 1.64. The van der Waals surface area contributed by atoms with Gasteiger partial charge in [-0.2, -0.15) is 0 Å². The fourth-order valence-electron chi connectivity index (χ4n) is 0.607. The van der Waals surface area contributed by atoms with Gasteiger partial charge in [-0.3, -0.25) is 0 Å². The number of methoxy groups -OCH3 is 1. The second-order valence-corrected chi connectivity index (χ2v) is 2.71. The predicted octanol–water partition coefficient (Wildman–Crippen LogP) is 0.527. The van der Waals surface area contributed by atoms with E-state index in [0.29, 0.717) is 32.2 Å². The van der Waals surface area contributed by atoms with Crippen molar-refractivity contribution in [2.75, 3.05) is 33.5 Å². The maximum Gasteiger partial charge on any atom is 0.111 e. The van der Waals surface area contributed by atoms with E-state index in [1.165, 1.54) is 0 Å². The molecule has 0 aromatic carbocycles. The summed E-state index contributed by atoms with van der Waals surface area (Å²) in [4.78, 5) is 0. The van der Waals surface area contributed by atoms with Crippen LogP contribution in [0.15, 0.2) is 12.3 Å². The molecule has 0 unspecified atom stereocenters. The Bertz CT molecular complexity index is 137. The second kappa shape index (κ2) is 8.04. The highest BCUT2D eigenvalue weighted by Gasteiger charge is 1.99. The van der Waals surface area contributed by atoms with Crippen LogP contribution in [0.25, 0.3) is 0 Å². The first-order chi connectivity index (χ1) is 6.18. The maximum atomic E-state index is 5.51. The fourth-order valence-corrected chi connectivity index (χ4v) is 0.607. The van der Waals surface area contributed by atoms with E-state index in [-0.39, 0.29) is 6.04 Å². The van der Waals surface area contributed by atoms with Crippen LogP contribution in [0.5, 0.6) is 0 Å². The molecule has 13 heavy (non-hydrogen) atoms. The van der Waals surface area contributed by atoms with Gasteiger partial charge in [0.1, 0.15) is 12.4 Å². The molecule has 0 aliphatic rings. The largest absolute Gasteiger partial charge is 0.495 e. The minimum Gasteiger partial charge on any atom is -0.495 e. The molecular weight excluding hydrogens is 170 g/mol. The average Bonchev–Trinajstić information content (AvgIpc) is 2.10. The predicted molar refractivity (Wildman–Crippen MR) is 51.4 cm³/mol. The standard InChI is InChI=1S/C9H19NO3/c1-8(10)9(2)13-7-6-12-5-4-11-3/h8H,2,4-7,10H2,1,3H3/t8-/m0/s1. The van der Waals surface area contributed by atoms with Crippen molar-refractivity contribution < 1.29 is 14.2 Å². The van der Waals surface area contributed by atoms with Crippen molar-refractivity contribution in [1.29, 1.82) is 0 Å². The van der Waals surface area contributed by atoms with E-state index < -0.39 is 0 Å². The first-order valence-corrected chi connectivity index (χ1v) is 4.32. The molecule has 0 bridgehead atoms. The summed E-state index contributed by atoms with van der Waals surface area (Å²) in [6, 6.07) is -0.126. The summed E-state index contributed by atoms with van der Waals surface area (Å²) in [5.41, 5.74) is 5.51. The van der Waals surface area contributed by atoms with Crippen molar-refractivity contribution >= 4 is 0 Å². The lowest BCUT2D eigenvalue weighted by Gasteiger charge is -2.11. The quantitative estimate of drug-likeness (QED) is 0.447. The van der Waals surface area contributed by atoms with Crippen LogP contribution < -0.4 is 5.73 Å². The van der Waals surface area contributed by atoms with Gasteiger partial charge in [0.25, 0.3) is 0 Å². The molecule has 0 heterocycles. The third-order valence-corrected chi connectivity index (χ3v) is 1.45. The van der Waals surface area contributed by atoms with Gasteiger partial charge >= 0.3 is 0 Å². The molecule has 0 spiro atoms. The lowest BCUT2D eigenvalue weighted by atomic mass is 10.3. The van der Waals surface area contributed by atoms with Crippen molar-refractivity contribution in [2.45, 2.75) is 13.0 Å². The van der Waals surface area contributed by atoms with Crippen LogP contribution in [-0.2, 0) is 14.2 Å². The van der Waals surface area contributed by atoms with Crippen molar-refractivity contribution in [2.24, 2.45) is 5.73 Å². The Kier molecular flexibility index (Phi) is 7.68. The lowest BCUT2D eigenvalue weighted by Crippen LogP contribution is -2.20. The fraction of sp³-hybridized carbons (Fsp3) is 0.778. The van der Waals surface area contributed by atoms with Gasteiger partial charge in [0, 0.05) is 7.11 Å². The number of rotatable bonds is 8. The van der Waals surface area contributed by atoms with E-state index >= 15 is 0 Å². The van der Waals surface area contributed by atoms with E-state index in [2.05, 4.69) is 6.58 Å². The molecule has 0 aromatic heterocycles. The first-order valence-electron chi connectivity index (χ1n) is 4.32. The summed E-state index contributed by atoms with van der Waals surface area (Å²) in [6.07, 6.45) is 0. The lowest BCUT2D eigenvalue weighted by molar-refractivity contribution is 0.0398. The number of ether oxygens (including phenoxy) is 3. The molecule has 2 N–H and O–H groups in total. The minimum atomic E-state index is -0.126. The molecule has 78 valence electrons. The molecule has 4 nitrogen and oxygen atoms in total. The zero-order chi connectivity index (χ0) is 10.1. The van der Waals surface area contributed by atoms with Crippen molar-refractivity contribution in [3.05, 3.63) is 12.3 Å². The Morgan fingerprint density at radius 3 is 2.46 bits per heavy atom. The molecule has 4 heteroatoms. The molecule has 0 rings (SSSR count). The number of hydrogen-bond acceptors (Lipinski definition) is 4. The van der Waals surface area contributed by atoms with E-state index in [4.69, 9.17) is 19.9 Å². The van der Waals surface area contributed by atoms with E-state index in [0.717, 1.165) is 0 Å². The zero-order valence-electron chi connectivity index (χ0n) is 8.41. The Hall–Kier alpha value is -0.580. The summed E-state index contributed by atoms with van der Waals surface area (Å²) in [6.45, 7) is 7.71. The van der Waals surface area contributed by atoms with E-state index in [1.54, 1.807) is 7.11 Å². The third kappa shape index (κ3) is 7.77. The first kappa shape index (κ1) is 12.4. The molecule has 0 saturated carbocycles. The summed E-state index contributed by atoms with van der Waals surface area (Å²) in [5.74, 6) is 0.593. The number of hydrogen-bond donors (Lipinski definition) is 1. The minimum absolute atomic E-state index is 0.126. The van der Waals surface area contributed by atoms with Crippen LogP contribution in [0.3, 0.4) is 0 Å². The molecule has 0 amide bonds. The van der Waals surface area contributed by atoms with Gasteiger partial charge in [0.2, 0.25) is 0 Å². The van der Waals surface area contributed by atoms with Crippen LogP contribution in [0.1, 0.15) is 6.92 Å². The van der Waals surface area contributed by atoms with Gasteiger partial charge in [-0.15, -0.1) is 0 Å². The second-order valence-electron chi connectivity index (χ2n) is 2.71. The molecule has 0 fully saturated rings. The van der Waals surface area contributed by atoms with Crippen molar-refractivity contribution in [3.8, 4) is 0 Å². The molecule has 0 saturated heterocycles. The van der Waals surface area contributed by atoms with Gasteiger partial charge in [0.15, 0.2) is 0 Å². The summed E-state index contributed by atoms with van der Waals surface area (Å²) >= 11 is 0. The third-order valence-electron chi connectivity index (χ3n) is 1.45. The molecule has 0 aromatic rings. The molecule has 0 aliphatic heterocycles. The molecule has 0 radical (unpaired) electrons. The normalized spacial score (nSPS) is 12.5. The zero-order valence-corrected chi connectivity index (χ0v) is 8.41.